The Labute approximate surface area is 327 Å². The molecule has 0 amide bonds. The molecule has 0 aliphatic carbocycles. The average Bonchev–Trinajstić information content (AvgIpc) is 3.20. The van der Waals surface area contributed by atoms with Crippen molar-refractivity contribution in [3.63, 3.8) is 0 Å². The van der Waals surface area contributed by atoms with Crippen molar-refractivity contribution in [2.24, 2.45) is 0 Å². The van der Waals surface area contributed by atoms with Gasteiger partial charge in [0.15, 0.2) is 0 Å². The summed E-state index contributed by atoms with van der Waals surface area (Å²) in [5.41, 5.74) is 3.08. The van der Waals surface area contributed by atoms with Gasteiger partial charge >= 0.3 is 6.18 Å². The number of rotatable bonds is 27. The zero-order valence-electron chi connectivity index (χ0n) is 32.4. The van der Waals surface area contributed by atoms with Crippen LogP contribution in [0, 0.1) is 17.1 Å². The molecule has 55 heavy (non-hydrogen) atoms. The molecule has 4 aromatic rings. The molecule has 0 heterocycles. The van der Waals surface area contributed by atoms with Crippen LogP contribution in [0.2, 0.25) is 0 Å². The summed E-state index contributed by atoms with van der Waals surface area (Å²) in [5, 5.41) is 9.39. The van der Waals surface area contributed by atoms with Crippen molar-refractivity contribution in [2.75, 3.05) is 6.61 Å². The highest BCUT2D eigenvalue weighted by atomic mass is 19.4. The molecular weight excluding hydrogens is 699 g/mol. The Bertz CT molecular complexity index is 1540. The van der Waals surface area contributed by atoms with Gasteiger partial charge in [-0.3, -0.25) is 0 Å². The third kappa shape index (κ3) is 16.0. The van der Waals surface area contributed by atoms with Gasteiger partial charge in [-0.15, -0.1) is 0 Å². The lowest BCUT2D eigenvalue weighted by Gasteiger charge is -2.37. The number of nitriles is 1. The molecule has 296 valence electrons. The number of nitrogens with zero attached hydrogens (tertiary/aromatic N) is 1. The third-order valence-electron chi connectivity index (χ3n) is 10.3. The summed E-state index contributed by atoms with van der Waals surface area (Å²) < 4.78 is 64.6. The van der Waals surface area contributed by atoms with E-state index in [1.54, 1.807) is 6.07 Å². The van der Waals surface area contributed by atoms with Gasteiger partial charge in [-0.05, 0) is 53.3 Å². The Morgan fingerprint density at radius 3 is 1.38 bits per heavy atom. The zero-order chi connectivity index (χ0) is 39.0. The Hall–Kier alpha value is -3.99. The van der Waals surface area contributed by atoms with Crippen molar-refractivity contribution in [2.45, 2.75) is 140 Å². The molecule has 0 bridgehead atoms. The lowest BCUT2D eigenvalue weighted by atomic mass is 9.80. The second kappa shape index (κ2) is 24.5. The molecule has 7 heteroatoms. The molecule has 1 atom stereocenters. The molecule has 0 aliphatic rings. The van der Waals surface area contributed by atoms with E-state index in [-0.39, 0.29) is 24.7 Å². The standard InChI is InChI=1S/C48H59F4NO2/c49-45-35-40(37-53)34-41(36-45)38-54-46(32-24-13-11-9-7-5-3-1-2-4-6-8-10-12-14-25-33-47(50,51)52)39-55-48(42-26-18-15-19-27-42,43-28-20-16-21-29-43)44-30-22-17-23-31-44/h15-23,26-31,34-36,46H,1-14,24-25,32-33,38-39H2. The minimum absolute atomic E-state index is 0.181. The van der Waals surface area contributed by atoms with E-state index in [9.17, 15) is 22.8 Å². The van der Waals surface area contributed by atoms with E-state index in [1.165, 1.54) is 63.5 Å². The largest absolute Gasteiger partial charge is 0.389 e. The third-order valence-corrected chi connectivity index (χ3v) is 10.3. The van der Waals surface area contributed by atoms with Crippen LogP contribution < -0.4 is 0 Å². The second-order valence-corrected chi connectivity index (χ2v) is 14.8. The first-order chi connectivity index (χ1) is 26.8. The van der Waals surface area contributed by atoms with Crippen molar-refractivity contribution in [3.05, 3.63) is 143 Å². The van der Waals surface area contributed by atoms with Crippen LogP contribution in [0.25, 0.3) is 0 Å². The van der Waals surface area contributed by atoms with Crippen LogP contribution in [0.3, 0.4) is 0 Å². The molecule has 0 spiro atoms. The number of hydrogen-bond donors (Lipinski definition) is 0. The van der Waals surface area contributed by atoms with E-state index in [0.717, 1.165) is 61.6 Å². The molecule has 4 rings (SSSR count). The van der Waals surface area contributed by atoms with Gasteiger partial charge in [0.2, 0.25) is 0 Å². The SMILES string of the molecule is N#Cc1cc(F)cc(COC(CCCCCCCCCCCCCCCCCCC(F)(F)F)COC(c2ccccc2)(c2ccccc2)c2ccccc2)c1. The maximum Gasteiger partial charge on any atom is 0.389 e. The molecule has 0 radical (unpaired) electrons. The second-order valence-electron chi connectivity index (χ2n) is 14.8. The van der Waals surface area contributed by atoms with Crippen molar-refractivity contribution in [3.8, 4) is 6.07 Å². The van der Waals surface area contributed by atoms with E-state index < -0.39 is 24.0 Å². The summed E-state index contributed by atoms with van der Waals surface area (Å²) >= 11 is 0. The Morgan fingerprint density at radius 1 is 0.545 bits per heavy atom. The summed E-state index contributed by atoms with van der Waals surface area (Å²) in [6, 6.07) is 37.2. The van der Waals surface area contributed by atoms with Crippen LogP contribution in [-0.4, -0.2) is 18.9 Å². The molecule has 0 saturated heterocycles. The number of benzene rings is 4. The molecule has 0 aliphatic heterocycles. The molecule has 3 nitrogen and oxygen atoms in total. The van der Waals surface area contributed by atoms with Crippen molar-refractivity contribution in [1.82, 2.24) is 0 Å². The fourth-order valence-electron chi connectivity index (χ4n) is 7.39. The van der Waals surface area contributed by atoms with Gasteiger partial charge in [0.1, 0.15) is 11.4 Å². The predicted molar refractivity (Wildman–Crippen MR) is 214 cm³/mol. The molecule has 4 aromatic carbocycles. The molecule has 0 saturated carbocycles. The number of unbranched alkanes of at least 4 members (excludes halogenated alkanes) is 15. The minimum atomic E-state index is -4.02. The van der Waals surface area contributed by atoms with Gasteiger partial charge in [-0.25, -0.2) is 4.39 Å². The highest BCUT2D eigenvalue weighted by Crippen LogP contribution is 2.41. The Balaban J connectivity index is 1.25. The Kier molecular flexibility index (Phi) is 19.5. The fourth-order valence-corrected chi connectivity index (χ4v) is 7.39. The van der Waals surface area contributed by atoms with Crippen LogP contribution >= 0.6 is 0 Å². The van der Waals surface area contributed by atoms with E-state index >= 15 is 0 Å². The summed E-state index contributed by atoms with van der Waals surface area (Å²) in [7, 11) is 0. The number of alkyl halides is 3. The minimum Gasteiger partial charge on any atom is -0.371 e. The lowest BCUT2D eigenvalue weighted by molar-refractivity contribution is -0.135. The van der Waals surface area contributed by atoms with Crippen molar-refractivity contribution < 1.29 is 27.0 Å². The van der Waals surface area contributed by atoms with Crippen LogP contribution in [0.1, 0.15) is 143 Å². The molecule has 0 fully saturated rings. The number of ether oxygens (including phenoxy) is 2. The molecular formula is C48H59F4NO2. The average molecular weight is 758 g/mol. The highest BCUT2D eigenvalue weighted by molar-refractivity contribution is 5.47. The van der Waals surface area contributed by atoms with Gasteiger partial charge in [-0.2, -0.15) is 18.4 Å². The van der Waals surface area contributed by atoms with Crippen LogP contribution in [0.15, 0.2) is 109 Å². The highest BCUT2D eigenvalue weighted by Gasteiger charge is 2.38. The normalized spacial score (nSPS) is 12.4. The van der Waals surface area contributed by atoms with E-state index in [2.05, 4.69) is 36.4 Å². The first kappa shape index (κ1) is 43.7. The summed E-state index contributed by atoms with van der Waals surface area (Å²) in [6.07, 6.45) is 13.0. The van der Waals surface area contributed by atoms with Crippen molar-refractivity contribution in [1.29, 1.82) is 5.26 Å². The van der Waals surface area contributed by atoms with Gasteiger partial charge in [0.25, 0.3) is 0 Å². The Morgan fingerprint density at radius 2 is 0.964 bits per heavy atom. The van der Waals surface area contributed by atoms with Gasteiger partial charge < -0.3 is 9.47 Å². The van der Waals surface area contributed by atoms with E-state index in [0.29, 0.717) is 18.6 Å². The summed E-state index contributed by atoms with van der Waals surface area (Å²) in [5.74, 6) is -0.448. The number of halogens is 4. The quantitative estimate of drug-likeness (QED) is 0.0346. The van der Waals surface area contributed by atoms with Crippen molar-refractivity contribution >= 4 is 0 Å². The van der Waals surface area contributed by atoms with Gasteiger partial charge in [0, 0.05) is 6.42 Å². The van der Waals surface area contributed by atoms with Crippen LogP contribution in [-0.2, 0) is 21.7 Å². The topological polar surface area (TPSA) is 42.2 Å². The fraction of sp³-hybridized carbons (Fsp3) is 0.479. The van der Waals surface area contributed by atoms with E-state index in [4.69, 9.17) is 9.47 Å². The van der Waals surface area contributed by atoms with Crippen LogP contribution in [0.5, 0.6) is 0 Å². The smallest absolute Gasteiger partial charge is 0.371 e. The lowest BCUT2D eigenvalue weighted by Crippen LogP contribution is -2.36. The van der Waals surface area contributed by atoms with Gasteiger partial charge in [0.05, 0.1) is 31.0 Å². The first-order valence-electron chi connectivity index (χ1n) is 20.5. The summed E-state index contributed by atoms with van der Waals surface area (Å²) in [6.45, 7) is 0.502. The maximum atomic E-state index is 14.3. The maximum absolute atomic E-state index is 14.3. The summed E-state index contributed by atoms with van der Waals surface area (Å²) in [4.78, 5) is 0. The molecule has 1 unspecified atom stereocenters. The molecule has 0 aromatic heterocycles. The predicted octanol–water partition coefficient (Wildman–Crippen LogP) is 14.2. The monoisotopic (exact) mass is 757 g/mol. The van der Waals surface area contributed by atoms with E-state index in [1.807, 2.05) is 60.7 Å². The first-order valence-corrected chi connectivity index (χ1v) is 20.5. The van der Waals surface area contributed by atoms with Crippen LogP contribution in [0.4, 0.5) is 17.6 Å². The van der Waals surface area contributed by atoms with Gasteiger partial charge in [-0.1, -0.05) is 187 Å². The zero-order valence-corrected chi connectivity index (χ0v) is 32.4. The molecule has 0 N–H and O–H groups in total. The number of hydrogen-bond acceptors (Lipinski definition) is 3.